The molecule has 0 spiro atoms. The van der Waals surface area contributed by atoms with Gasteiger partial charge in [-0.1, -0.05) is 19.0 Å². The van der Waals surface area contributed by atoms with Gasteiger partial charge in [-0.3, -0.25) is 0 Å². The summed E-state index contributed by atoms with van der Waals surface area (Å²) in [6.07, 6.45) is 5.81. The molecule has 0 radical (unpaired) electrons. The molecule has 0 saturated carbocycles. The Kier molecular flexibility index (Phi) is 4.04. The molecule has 0 unspecified atom stereocenters. The Labute approximate surface area is 130 Å². The zero-order valence-corrected chi connectivity index (χ0v) is 13.7. The smallest absolute Gasteiger partial charge is 0.246 e. The summed E-state index contributed by atoms with van der Waals surface area (Å²) in [4.78, 5) is 9.01. The second kappa shape index (κ2) is 5.83. The summed E-state index contributed by atoms with van der Waals surface area (Å²) in [6.45, 7) is 9.75. The van der Waals surface area contributed by atoms with Crippen molar-refractivity contribution in [3.8, 4) is 0 Å². The van der Waals surface area contributed by atoms with Crippen molar-refractivity contribution >= 4 is 0 Å². The molecule has 0 amide bonds. The fraction of sp³-hybridized carbons (Fsp3) is 0.688. The number of rotatable bonds is 4. The van der Waals surface area contributed by atoms with Gasteiger partial charge < -0.3 is 13.8 Å². The van der Waals surface area contributed by atoms with Gasteiger partial charge in [0.2, 0.25) is 5.89 Å². The Bertz CT molecular complexity index is 630. The van der Waals surface area contributed by atoms with E-state index in [2.05, 4.69) is 47.4 Å². The molecule has 3 rings (SSSR count). The Morgan fingerprint density at radius 2 is 2.23 bits per heavy atom. The number of ether oxygens (including phenoxy) is 1. The third-order valence-corrected chi connectivity index (χ3v) is 4.12. The van der Waals surface area contributed by atoms with Crippen LogP contribution in [0.25, 0.3) is 0 Å². The highest BCUT2D eigenvalue weighted by Crippen LogP contribution is 2.34. The van der Waals surface area contributed by atoms with Crippen molar-refractivity contribution in [2.24, 2.45) is 0 Å². The van der Waals surface area contributed by atoms with E-state index in [-0.39, 0.29) is 11.5 Å². The average molecular weight is 304 g/mol. The highest BCUT2D eigenvalue weighted by atomic mass is 16.5. The molecule has 1 fully saturated rings. The zero-order chi connectivity index (χ0) is 15.7. The Hall–Kier alpha value is -1.69. The monoisotopic (exact) mass is 304 g/mol. The van der Waals surface area contributed by atoms with Crippen LogP contribution in [0.2, 0.25) is 0 Å². The van der Waals surface area contributed by atoms with Crippen LogP contribution in [-0.2, 0) is 11.3 Å². The second-order valence-corrected chi connectivity index (χ2v) is 6.91. The van der Waals surface area contributed by atoms with Gasteiger partial charge in [-0.05, 0) is 26.7 Å². The number of imidazole rings is 1. The quantitative estimate of drug-likeness (QED) is 0.868. The zero-order valence-electron chi connectivity index (χ0n) is 13.7. The second-order valence-electron chi connectivity index (χ2n) is 6.91. The first-order valence-corrected chi connectivity index (χ1v) is 7.92. The van der Waals surface area contributed by atoms with Crippen molar-refractivity contribution in [3.63, 3.8) is 0 Å². The summed E-state index contributed by atoms with van der Waals surface area (Å²) in [5, 5.41) is 4.02. The third kappa shape index (κ3) is 3.21. The van der Waals surface area contributed by atoms with E-state index in [0.29, 0.717) is 18.4 Å². The van der Waals surface area contributed by atoms with Gasteiger partial charge in [0.25, 0.3) is 0 Å². The SMILES string of the molecule is CC(C)c1noc(Cn2ccnc2[C@H]2CCOC(C)(C)C2)n1. The van der Waals surface area contributed by atoms with Gasteiger partial charge in [-0.15, -0.1) is 0 Å². The molecular formula is C16H24N4O2. The minimum atomic E-state index is -0.0883. The number of hydrogen-bond donors (Lipinski definition) is 0. The molecule has 0 aliphatic carbocycles. The lowest BCUT2D eigenvalue weighted by Crippen LogP contribution is -2.34. The average Bonchev–Trinajstić information content (AvgIpc) is 3.07. The van der Waals surface area contributed by atoms with Gasteiger partial charge in [0.05, 0.1) is 5.60 Å². The fourth-order valence-corrected chi connectivity index (χ4v) is 2.98. The molecule has 120 valence electrons. The molecule has 0 bridgehead atoms. The first-order valence-electron chi connectivity index (χ1n) is 7.92. The van der Waals surface area contributed by atoms with Crippen molar-refractivity contribution in [2.75, 3.05) is 6.61 Å². The molecule has 3 heterocycles. The molecule has 1 atom stereocenters. The highest BCUT2D eigenvalue weighted by Gasteiger charge is 2.32. The molecule has 0 N–H and O–H groups in total. The lowest BCUT2D eigenvalue weighted by atomic mass is 9.88. The summed E-state index contributed by atoms with van der Waals surface area (Å²) in [5.41, 5.74) is -0.0883. The molecule has 22 heavy (non-hydrogen) atoms. The van der Waals surface area contributed by atoms with E-state index in [9.17, 15) is 0 Å². The van der Waals surface area contributed by atoms with Crippen LogP contribution in [0.5, 0.6) is 0 Å². The fourth-order valence-electron chi connectivity index (χ4n) is 2.98. The predicted molar refractivity (Wildman–Crippen MR) is 81.7 cm³/mol. The maximum Gasteiger partial charge on any atom is 0.246 e. The van der Waals surface area contributed by atoms with Crippen LogP contribution in [0, 0.1) is 0 Å². The third-order valence-electron chi connectivity index (χ3n) is 4.12. The maximum atomic E-state index is 5.80. The van der Waals surface area contributed by atoms with Crippen molar-refractivity contribution in [3.05, 3.63) is 29.9 Å². The molecule has 1 aliphatic rings. The first-order chi connectivity index (χ1) is 10.4. The molecule has 1 saturated heterocycles. The van der Waals surface area contributed by atoms with Crippen LogP contribution in [0.3, 0.4) is 0 Å². The van der Waals surface area contributed by atoms with Crippen molar-refractivity contribution < 1.29 is 9.26 Å². The van der Waals surface area contributed by atoms with Gasteiger partial charge in [0, 0.05) is 30.8 Å². The minimum absolute atomic E-state index is 0.0883. The van der Waals surface area contributed by atoms with Crippen LogP contribution in [0.4, 0.5) is 0 Å². The summed E-state index contributed by atoms with van der Waals surface area (Å²) in [7, 11) is 0. The Morgan fingerprint density at radius 3 is 2.91 bits per heavy atom. The minimum Gasteiger partial charge on any atom is -0.376 e. The summed E-state index contributed by atoms with van der Waals surface area (Å²) >= 11 is 0. The van der Waals surface area contributed by atoms with Gasteiger partial charge in [0.1, 0.15) is 12.4 Å². The summed E-state index contributed by atoms with van der Waals surface area (Å²) in [6, 6.07) is 0. The molecule has 2 aromatic rings. The van der Waals surface area contributed by atoms with Gasteiger partial charge in [-0.25, -0.2) is 4.98 Å². The standard InChI is InChI=1S/C16H24N4O2/c1-11(2)14-18-13(22-19-14)10-20-7-6-17-15(20)12-5-8-21-16(3,4)9-12/h6-7,11-12H,5,8-10H2,1-4H3/t12-/m0/s1. The van der Waals surface area contributed by atoms with Gasteiger partial charge in [-0.2, -0.15) is 4.98 Å². The molecule has 6 nitrogen and oxygen atoms in total. The Morgan fingerprint density at radius 1 is 1.41 bits per heavy atom. The lowest BCUT2D eigenvalue weighted by molar-refractivity contribution is -0.0606. The predicted octanol–water partition coefficient (Wildman–Crippen LogP) is 3.11. The number of aromatic nitrogens is 4. The van der Waals surface area contributed by atoms with E-state index in [1.807, 2.05) is 12.4 Å². The molecular weight excluding hydrogens is 280 g/mol. The van der Waals surface area contributed by atoms with Crippen LogP contribution in [-0.4, -0.2) is 31.9 Å². The Balaban J connectivity index is 1.77. The van der Waals surface area contributed by atoms with Crippen molar-refractivity contribution in [2.45, 2.75) is 64.5 Å². The largest absolute Gasteiger partial charge is 0.376 e. The van der Waals surface area contributed by atoms with Crippen LogP contribution >= 0.6 is 0 Å². The normalized spacial score (nSPS) is 21.4. The van der Waals surface area contributed by atoms with E-state index >= 15 is 0 Å². The van der Waals surface area contributed by atoms with E-state index in [1.165, 1.54) is 0 Å². The molecule has 1 aliphatic heterocycles. The number of nitrogens with zero attached hydrogens (tertiary/aromatic N) is 4. The molecule has 0 aromatic carbocycles. The van der Waals surface area contributed by atoms with E-state index < -0.39 is 0 Å². The first kappa shape index (κ1) is 15.2. The number of hydrogen-bond acceptors (Lipinski definition) is 5. The van der Waals surface area contributed by atoms with Crippen molar-refractivity contribution in [1.29, 1.82) is 0 Å². The van der Waals surface area contributed by atoms with E-state index in [0.717, 1.165) is 31.1 Å². The van der Waals surface area contributed by atoms with Crippen molar-refractivity contribution in [1.82, 2.24) is 19.7 Å². The van der Waals surface area contributed by atoms with E-state index in [1.54, 1.807) is 0 Å². The molecule has 6 heteroatoms. The van der Waals surface area contributed by atoms with Gasteiger partial charge >= 0.3 is 0 Å². The maximum absolute atomic E-state index is 5.80. The van der Waals surface area contributed by atoms with Crippen LogP contribution < -0.4 is 0 Å². The van der Waals surface area contributed by atoms with Crippen LogP contribution in [0.15, 0.2) is 16.9 Å². The van der Waals surface area contributed by atoms with Gasteiger partial charge in [0.15, 0.2) is 5.82 Å². The summed E-state index contributed by atoms with van der Waals surface area (Å²) < 4.78 is 13.3. The molecule has 2 aromatic heterocycles. The van der Waals surface area contributed by atoms with Crippen LogP contribution in [0.1, 0.15) is 69.9 Å². The van der Waals surface area contributed by atoms with E-state index in [4.69, 9.17) is 9.26 Å². The summed E-state index contributed by atoms with van der Waals surface area (Å²) in [5.74, 6) is 3.15. The topological polar surface area (TPSA) is 66.0 Å². The lowest BCUT2D eigenvalue weighted by Gasteiger charge is -2.35. The highest BCUT2D eigenvalue weighted by molar-refractivity contribution is 5.06.